The molecule has 2 amide bonds. The molecule has 0 spiro atoms. The zero-order valence-electron chi connectivity index (χ0n) is 11.5. The van der Waals surface area contributed by atoms with Crippen LogP contribution in [0.15, 0.2) is 18.2 Å². The minimum absolute atomic E-state index is 0.123. The quantitative estimate of drug-likeness (QED) is 0.770. The van der Waals surface area contributed by atoms with Crippen molar-refractivity contribution < 1.29 is 9.59 Å². The second-order valence-electron chi connectivity index (χ2n) is 4.87. The van der Waals surface area contributed by atoms with Gasteiger partial charge in [0.1, 0.15) is 0 Å². The molecule has 114 valence electrons. The van der Waals surface area contributed by atoms with Crippen LogP contribution in [0.25, 0.3) is 0 Å². The lowest BCUT2D eigenvalue weighted by Gasteiger charge is -2.21. The molecule has 2 rings (SSSR count). The zero-order valence-corrected chi connectivity index (χ0v) is 13.1. The lowest BCUT2D eigenvalue weighted by atomic mass is 10.2. The second kappa shape index (κ2) is 7.68. The highest BCUT2D eigenvalue weighted by atomic mass is 35.5. The summed E-state index contributed by atoms with van der Waals surface area (Å²) in [4.78, 5) is 23.1. The van der Waals surface area contributed by atoms with Crippen LogP contribution in [-0.4, -0.2) is 35.9 Å². The third kappa shape index (κ3) is 4.91. The first kappa shape index (κ1) is 16.1. The number of carbonyl (C=O) groups is 2. The number of rotatable bonds is 5. The van der Waals surface area contributed by atoms with Gasteiger partial charge in [-0.3, -0.25) is 9.59 Å². The number of anilines is 1. The Balaban J connectivity index is 1.89. The number of carbonyl (C=O) groups excluding carboxylic acids is 2. The summed E-state index contributed by atoms with van der Waals surface area (Å²) in [5.41, 5.74) is 5.96. The molecule has 4 N–H and O–H groups in total. The maximum absolute atomic E-state index is 12.0. The fourth-order valence-corrected chi connectivity index (χ4v) is 3.31. The van der Waals surface area contributed by atoms with Crippen LogP contribution in [0.2, 0.25) is 5.02 Å². The molecule has 1 fully saturated rings. The summed E-state index contributed by atoms with van der Waals surface area (Å²) in [6.07, 6.45) is 2.16. The Morgan fingerprint density at radius 2 is 2.10 bits per heavy atom. The van der Waals surface area contributed by atoms with E-state index in [0.717, 1.165) is 25.9 Å². The normalized spacial score (nSPS) is 15.7. The molecule has 1 aromatic rings. The standard InChI is InChI=1S/C14H18ClN3O2S/c15-11-2-1-9(14(16)20)7-12(11)18-13(19)8-21-10-3-5-17-6-4-10/h1-2,7,10,17H,3-6,8H2,(H2,16,20)(H,18,19). The number of piperidine rings is 1. The van der Waals surface area contributed by atoms with Gasteiger partial charge >= 0.3 is 0 Å². The molecule has 0 bridgehead atoms. The number of nitrogens with two attached hydrogens (primary N) is 1. The summed E-state index contributed by atoms with van der Waals surface area (Å²) >= 11 is 7.67. The zero-order chi connectivity index (χ0) is 15.2. The highest BCUT2D eigenvalue weighted by Gasteiger charge is 2.15. The molecule has 7 heteroatoms. The first-order chi connectivity index (χ1) is 10.1. The maximum Gasteiger partial charge on any atom is 0.248 e. The van der Waals surface area contributed by atoms with Crippen LogP contribution in [0, 0.1) is 0 Å². The number of benzene rings is 1. The van der Waals surface area contributed by atoms with Gasteiger partial charge in [0.15, 0.2) is 0 Å². The highest BCUT2D eigenvalue weighted by molar-refractivity contribution is 8.00. The van der Waals surface area contributed by atoms with Gasteiger partial charge in [-0.1, -0.05) is 11.6 Å². The third-order valence-corrected chi connectivity index (χ3v) is 4.96. The molecular weight excluding hydrogens is 310 g/mol. The van der Waals surface area contributed by atoms with Gasteiger partial charge in [0.05, 0.1) is 16.5 Å². The fraction of sp³-hybridized carbons (Fsp3) is 0.429. The number of thioether (sulfide) groups is 1. The van der Waals surface area contributed by atoms with E-state index in [1.807, 2.05) is 0 Å². The fourth-order valence-electron chi connectivity index (χ4n) is 2.12. The van der Waals surface area contributed by atoms with Crippen molar-refractivity contribution >= 4 is 40.9 Å². The van der Waals surface area contributed by atoms with E-state index in [9.17, 15) is 9.59 Å². The highest BCUT2D eigenvalue weighted by Crippen LogP contribution is 2.24. The Labute approximate surface area is 133 Å². The summed E-state index contributed by atoms with van der Waals surface area (Å²) < 4.78 is 0. The molecule has 0 radical (unpaired) electrons. The van der Waals surface area contributed by atoms with E-state index in [1.54, 1.807) is 17.8 Å². The van der Waals surface area contributed by atoms with Gasteiger partial charge in [-0.2, -0.15) is 0 Å². The molecule has 0 aromatic heterocycles. The van der Waals surface area contributed by atoms with Gasteiger partial charge in [-0.15, -0.1) is 11.8 Å². The number of amides is 2. The second-order valence-corrected chi connectivity index (χ2v) is 6.56. The molecular formula is C14H18ClN3O2S. The number of hydrogen-bond acceptors (Lipinski definition) is 4. The van der Waals surface area contributed by atoms with Crippen LogP contribution >= 0.6 is 23.4 Å². The Bertz CT molecular complexity index is 533. The van der Waals surface area contributed by atoms with E-state index in [1.165, 1.54) is 12.1 Å². The molecule has 0 saturated carbocycles. The minimum atomic E-state index is -0.550. The van der Waals surface area contributed by atoms with Gasteiger partial charge in [0, 0.05) is 10.8 Å². The molecule has 5 nitrogen and oxygen atoms in total. The summed E-state index contributed by atoms with van der Waals surface area (Å²) in [6, 6.07) is 4.58. The van der Waals surface area contributed by atoms with Crippen LogP contribution in [0.5, 0.6) is 0 Å². The summed E-state index contributed by atoms with van der Waals surface area (Å²) in [5.74, 6) is -0.296. The van der Waals surface area contributed by atoms with Gasteiger partial charge in [0.2, 0.25) is 11.8 Å². The molecule has 1 aromatic carbocycles. The lowest BCUT2D eigenvalue weighted by molar-refractivity contribution is -0.113. The molecule has 0 aliphatic carbocycles. The number of nitrogens with one attached hydrogen (secondary N) is 2. The predicted molar refractivity (Wildman–Crippen MR) is 86.9 cm³/mol. The van der Waals surface area contributed by atoms with E-state index in [2.05, 4.69) is 10.6 Å². The third-order valence-electron chi connectivity index (χ3n) is 3.26. The molecule has 1 aliphatic heterocycles. The van der Waals surface area contributed by atoms with Crippen molar-refractivity contribution in [3.05, 3.63) is 28.8 Å². The number of primary amides is 1. The van der Waals surface area contributed by atoms with Gasteiger partial charge < -0.3 is 16.4 Å². The summed E-state index contributed by atoms with van der Waals surface area (Å²) in [7, 11) is 0. The lowest BCUT2D eigenvalue weighted by Crippen LogP contribution is -2.30. The van der Waals surface area contributed by atoms with E-state index >= 15 is 0 Å². The molecule has 1 aliphatic rings. The van der Waals surface area contributed by atoms with Gasteiger partial charge in [-0.25, -0.2) is 0 Å². The van der Waals surface area contributed by atoms with Crippen molar-refractivity contribution in [3.8, 4) is 0 Å². The van der Waals surface area contributed by atoms with Crippen LogP contribution in [0.4, 0.5) is 5.69 Å². The molecule has 0 atom stereocenters. The largest absolute Gasteiger partial charge is 0.366 e. The van der Waals surface area contributed by atoms with E-state index in [0.29, 0.717) is 27.3 Å². The Morgan fingerprint density at radius 3 is 2.76 bits per heavy atom. The minimum Gasteiger partial charge on any atom is -0.366 e. The van der Waals surface area contributed by atoms with Crippen molar-refractivity contribution in [1.82, 2.24) is 5.32 Å². The van der Waals surface area contributed by atoms with E-state index < -0.39 is 5.91 Å². The molecule has 0 unspecified atom stereocenters. The molecule has 21 heavy (non-hydrogen) atoms. The summed E-state index contributed by atoms with van der Waals surface area (Å²) in [5, 5.41) is 6.93. The van der Waals surface area contributed by atoms with Crippen LogP contribution in [0.3, 0.4) is 0 Å². The predicted octanol–water partition coefficient (Wildman–Crippen LogP) is 1.86. The Hall–Kier alpha value is -1.24. The van der Waals surface area contributed by atoms with Gasteiger partial charge in [-0.05, 0) is 44.1 Å². The Kier molecular flexibility index (Phi) is 5.90. The number of hydrogen-bond donors (Lipinski definition) is 3. The van der Waals surface area contributed by atoms with Crippen LogP contribution in [-0.2, 0) is 4.79 Å². The van der Waals surface area contributed by atoms with E-state index in [4.69, 9.17) is 17.3 Å². The van der Waals surface area contributed by atoms with Crippen molar-refractivity contribution in [2.45, 2.75) is 18.1 Å². The summed E-state index contributed by atoms with van der Waals surface area (Å²) in [6.45, 7) is 2.01. The topological polar surface area (TPSA) is 84.2 Å². The van der Waals surface area contributed by atoms with Gasteiger partial charge in [0.25, 0.3) is 0 Å². The van der Waals surface area contributed by atoms with E-state index in [-0.39, 0.29) is 5.91 Å². The van der Waals surface area contributed by atoms with Crippen LogP contribution in [0.1, 0.15) is 23.2 Å². The average Bonchev–Trinajstić information content (AvgIpc) is 2.48. The number of halogens is 1. The molecule has 1 saturated heterocycles. The average molecular weight is 328 g/mol. The first-order valence-corrected chi connectivity index (χ1v) is 8.20. The first-order valence-electron chi connectivity index (χ1n) is 6.78. The van der Waals surface area contributed by atoms with Crippen molar-refractivity contribution in [3.63, 3.8) is 0 Å². The van der Waals surface area contributed by atoms with Crippen LogP contribution < -0.4 is 16.4 Å². The Morgan fingerprint density at radius 1 is 1.38 bits per heavy atom. The van der Waals surface area contributed by atoms with Crippen molar-refractivity contribution in [1.29, 1.82) is 0 Å². The molecule has 1 heterocycles. The smallest absolute Gasteiger partial charge is 0.248 e. The maximum atomic E-state index is 12.0. The van der Waals surface area contributed by atoms with Crippen molar-refractivity contribution in [2.24, 2.45) is 5.73 Å². The SMILES string of the molecule is NC(=O)c1ccc(Cl)c(NC(=O)CSC2CCNCC2)c1. The van der Waals surface area contributed by atoms with Crippen molar-refractivity contribution in [2.75, 3.05) is 24.2 Å². The monoisotopic (exact) mass is 327 g/mol.